The van der Waals surface area contributed by atoms with E-state index in [0.717, 1.165) is 17.1 Å². The molecule has 0 aliphatic rings. The van der Waals surface area contributed by atoms with Gasteiger partial charge in [-0.25, -0.2) is 0 Å². The summed E-state index contributed by atoms with van der Waals surface area (Å²) in [7, 11) is 0. The van der Waals surface area contributed by atoms with Crippen LogP contribution in [-0.4, -0.2) is 4.99 Å². The number of nitrogens with one attached hydrogen (secondary N) is 1. The highest BCUT2D eigenvalue weighted by molar-refractivity contribution is 7.80. The summed E-state index contributed by atoms with van der Waals surface area (Å²) in [5, 5.41) is 3.30. The molecule has 20 heavy (non-hydrogen) atoms. The second-order valence-corrected chi connectivity index (χ2v) is 6.40. The lowest BCUT2D eigenvalue weighted by atomic mass is 9.87. The van der Waals surface area contributed by atoms with Gasteiger partial charge in [-0.1, -0.05) is 87.6 Å². The van der Waals surface area contributed by atoms with E-state index in [1.165, 1.54) is 11.1 Å². The topological polar surface area (TPSA) is 12.0 Å². The van der Waals surface area contributed by atoms with Crippen molar-refractivity contribution < 1.29 is 0 Å². The number of rotatable bonds is 3. The second-order valence-electron chi connectivity index (χ2n) is 6.00. The standard InChI is InChI=1S/C18H21NS/c1-18(2,3)16-11-9-15(10-12-16)17(20)19-13-14-7-5-4-6-8-14/h4-12H,13H2,1-3H3,(H,19,20). The Bertz CT molecular complexity index is 565. The zero-order valence-corrected chi connectivity index (χ0v) is 13.1. The lowest BCUT2D eigenvalue weighted by molar-refractivity contribution is 0.590. The fourth-order valence-electron chi connectivity index (χ4n) is 2.00. The number of benzene rings is 2. The molecule has 2 rings (SSSR count). The molecule has 0 aromatic heterocycles. The monoisotopic (exact) mass is 283 g/mol. The van der Waals surface area contributed by atoms with Crippen molar-refractivity contribution in [2.24, 2.45) is 0 Å². The second kappa shape index (κ2) is 6.19. The Balaban J connectivity index is 1.99. The van der Waals surface area contributed by atoms with Crippen molar-refractivity contribution in [2.45, 2.75) is 32.7 Å². The Morgan fingerprint density at radius 3 is 2.10 bits per heavy atom. The average molecular weight is 283 g/mol. The molecule has 0 aliphatic carbocycles. The molecule has 0 saturated carbocycles. The van der Waals surface area contributed by atoms with Crippen molar-refractivity contribution in [3.8, 4) is 0 Å². The van der Waals surface area contributed by atoms with E-state index in [0.29, 0.717) is 0 Å². The van der Waals surface area contributed by atoms with Gasteiger partial charge in [0.1, 0.15) is 4.99 Å². The summed E-state index contributed by atoms with van der Waals surface area (Å²) in [6.07, 6.45) is 0. The molecular weight excluding hydrogens is 262 g/mol. The molecule has 0 spiro atoms. The number of hydrogen-bond donors (Lipinski definition) is 1. The molecule has 2 aromatic rings. The molecule has 0 heterocycles. The van der Waals surface area contributed by atoms with Crippen LogP contribution in [0.15, 0.2) is 54.6 Å². The first-order valence-corrected chi connectivity index (χ1v) is 7.30. The smallest absolute Gasteiger partial charge is 0.106 e. The Morgan fingerprint density at radius 1 is 0.950 bits per heavy atom. The van der Waals surface area contributed by atoms with Crippen LogP contribution in [0.3, 0.4) is 0 Å². The van der Waals surface area contributed by atoms with Crippen LogP contribution < -0.4 is 5.32 Å². The fourth-order valence-corrected chi connectivity index (χ4v) is 2.21. The van der Waals surface area contributed by atoms with E-state index < -0.39 is 0 Å². The van der Waals surface area contributed by atoms with E-state index in [4.69, 9.17) is 12.2 Å². The van der Waals surface area contributed by atoms with Crippen LogP contribution in [0.25, 0.3) is 0 Å². The quantitative estimate of drug-likeness (QED) is 0.835. The summed E-state index contributed by atoms with van der Waals surface area (Å²) in [5.74, 6) is 0. The maximum Gasteiger partial charge on any atom is 0.106 e. The van der Waals surface area contributed by atoms with Gasteiger partial charge in [0.15, 0.2) is 0 Å². The van der Waals surface area contributed by atoms with Crippen molar-refractivity contribution in [3.63, 3.8) is 0 Å². The zero-order chi connectivity index (χ0) is 14.6. The van der Waals surface area contributed by atoms with Gasteiger partial charge in [0.2, 0.25) is 0 Å². The molecule has 0 radical (unpaired) electrons. The van der Waals surface area contributed by atoms with Gasteiger partial charge in [0.05, 0.1) is 0 Å². The van der Waals surface area contributed by atoms with Crippen molar-refractivity contribution >= 4 is 17.2 Å². The largest absolute Gasteiger partial charge is 0.372 e. The van der Waals surface area contributed by atoms with E-state index in [-0.39, 0.29) is 5.41 Å². The summed E-state index contributed by atoms with van der Waals surface area (Å²) in [6.45, 7) is 7.41. The summed E-state index contributed by atoms with van der Waals surface area (Å²) in [6, 6.07) is 18.8. The molecule has 0 bridgehead atoms. The lowest BCUT2D eigenvalue weighted by Crippen LogP contribution is -2.22. The molecule has 1 nitrogen and oxygen atoms in total. The van der Waals surface area contributed by atoms with Gasteiger partial charge in [0, 0.05) is 12.1 Å². The van der Waals surface area contributed by atoms with Gasteiger partial charge in [-0.15, -0.1) is 0 Å². The number of thiocarbonyl (C=S) groups is 1. The average Bonchev–Trinajstić information content (AvgIpc) is 2.45. The van der Waals surface area contributed by atoms with Crippen LogP contribution in [0, 0.1) is 0 Å². The molecule has 0 amide bonds. The van der Waals surface area contributed by atoms with Gasteiger partial charge in [0.25, 0.3) is 0 Å². The van der Waals surface area contributed by atoms with E-state index in [1.807, 2.05) is 18.2 Å². The molecule has 0 atom stereocenters. The van der Waals surface area contributed by atoms with E-state index in [9.17, 15) is 0 Å². The van der Waals surface area contributed by atoms with E-state index in [2.05, 4.69) is 62.5 Å². The summed E-state index contributed by atoms with van der Waals surface area (Å²) in [5.41, 5.74) is 3.81. The van der Waals surface area contributed by atoms with Gasteiger partial charge in [-0.3, -0.25) is 0 Å². The van der Waals surface area contributed by atoms with Crippen LogP contribution >= 0.6 is 12.2 Å². The predicted octanol–water partition coefficient (Wildman–Crippen LogP) is 4.45. The highest BCUT2D eigenvalue weighted by Gasteiger charge is 2.13. The molecule has 2 heteroatoms. The van der Waals surface area contributed by atoms with Crippen molar-refractivity contribution in [1.82, 2.24) is 5.32 Å². The maximum atomic E-state index is 5.45. The molecule has 0 saturated heterocycles. The maximum absolute atomic E-state index is 5.45. The molecule has 0 aliphatic heterocycles. The Hall–Kier alpha value is -1.67. The van der Waals surface area contributed by atoms with Crippen LogP contribution in [0.1, 0.15) is 37.5 Å². The summed E-state index contributed by atoms with van der Waals surface area (Å²) < 4.78 is 0. The van der Waals surface area contributed by atoms with E-state index in [1.54, 1.807) is 0 Å². The third kappa shape index (κ3) is 3.91. The van der Waals surface area contributed by atoms with Gasteiger partial charge in [-0.05, 0) is 16.5 Å². The van der Waals surface area contributed by atoms with E-state index >= 15 is 0 Å². The highest BCUT2D eigenvalue weighted by Crippen LogP contribution is 2.22. The summed E-state index contributed by atoms with van der Waals surface area (Å²) >= 11 is 5.45. The first-order chi connectivity index (χ1) is 9.47. The minimum atomic E-state index is 0.178. The molecule has 104 valence electrons. The Labute approximate surface area is 127 Å². The summed E-state index contributed by atoms with van der Waals surface area (Å²) in [4.78, 5) is 0.800. The molecule has 0 fully saturated rings. The van der Waals surface area contributed by atoms with Crippen LogP contribution in [0.2, 0.25) is 0 Å². The lowest BCUT2D eigenvalue weighted by Gasteiger charge is -2.19. The first kappa shape index (κ1) is 14.7. The fraction of sp³-hybridized carbons (Fsp3) is 0.278. The Morgan fingerprint density at radius 2 is 1.55 bits per heavy atom. The molecule has 2 aromatic carbocycles. The molecule has 0 unspecified atom stereocenters. The molecular formula is C18H21NS. The molecule has 1 N–H and O–H groups in total. The van der Waals surface area contributed by atoms with Gasteiger partial charge >= 0.3 is 0 Å². The van der Waals surface area contributed by atoms with Crippen LogP contribution in [-0.2, 0) is 12.0 Å². The van der Waals surface area contributed by atoms with Crippen LogP contribution in [0.5, 0.6) is 0 Å². The minimum absolute atomic E-state index is 0.178. The highest BCUT2D eigenvalue weighted by atomic mass is 32.1. The third-order valence-electron chi connectivity index (χ3n) is 3.31. The third-order valence-corrected chi connectivity index (χ3v) is 3.69. The van der Waals surface area contributed by atoms with Crippen molar-refractivity contribution in [1.29, 1.82) is 0 Å². The normalized spacial score (nSPS) is 11.2. The van der Waals surface area contributed by atoms with Crippen molar-refractivity contribution in [2.75, 3.05) is 0 Å². The van der Waals surface area contributed by atoms with Crippen LogP contribution in [0.4, 0.5) is 0 Å². The number of hydrogen-bond acceptors (Lipinski definition) is 1. The predicted molar refractivity (Wildman–Crippen MR) is 90.1 cm³/mol. The Kier molecular flexibility index (Phi) is 4.56. The SMILES string of the molecule is CC(C)(C)c1ccc(C(=S)NCc2ccccc2)cc1. The zero-order valence-electron chi connectivity index (χ0n) is 12.3. The van der Waals surface area contributed by atoms with Gasteiger partial charge < -0.3 is 5.32 Å². The van der Waals surface area contributed by atoms with Crippen molar-refractivity contribution in [3.05, 3.63) is 71.3 Å². The first-order valence-electron chi connectivity index (χ1n) is 6.89. The van der Waals surface area contributed by atoms with Gasteiger partial charge in [-0.2, -0.15) is 0 Å². The minimum Gasteiger partial charge on any atom is -0.372 e.